The van der Waals surface area contributed by atoms with Gasteiger partial charge >= 0.3 is 0 Å². The maximum Gasteiger partial charge on any atom is 0.223 e. The number of ether oxygens (including phenoxy) is 1. The quantitative estimate of drug-likeness (QED) is 0.605. The fraction of sp³-hybridized carbons (Fsp3) is 0.368. The number of hydrogen-bond donors (Lipinski definition) is 0. The molecule has 0 aliphatic rings. The number of rotatable bonds is 9. The van der Waals surface area contributed by atoms with Gasteiger partial charge in [0.15, 0.2) is 0 Å². The first kappa shape index (κ1) is 19.7. The van der Waals surface area contributed by atoms with Crippen LogP contribution in [0.25, 0.3) is 0 Å². The second-order valence-corrected chi connectivity index (χ2v) is 6.52. The molecule has 0 saturated carbocycles. The van der Waals surface area contributed by atoms with Crippen molar-refractivity contribution >= 4 is 29.1 Å². The zero-order valence-corrected chi connectivity index (χ0v) is 15.8. The van der Waals surface area contributed by atoms with E-state index in [4.69, 9.17) is 27.9 Å². The highest BCUT2D eigenvalue weighted by atomic mass is 35.5. The fourth-order valence-corrected chi connectivity index (χ4v) is 2.96. The Bertz CT molecular complexity index is 680. The van der Waals surface area contributed by atoms with Crippen molar-refractivity contribution in [2.75, 3.05) is 20.3 Å². The summed E-state index contributed by atoms with van der Waals surface area (Å²) >= 11 is 12.2. The van der Waals surface area contributed by atoms with E-state index in [-0.39, 0.29) is 5.91 Å². The summed E-state index contributed by atoms with van der Waals surface area (Å²) in [6, 6.07) is 9.34. The number of carbonyl (C=O) groups is 1. The van der Waals surface area contributed by atoms with Crippen LogP contribution in [0.15, 0.2) is 42.7 Å². The maximum atomic E-state index is 12.7. The highest BCUT2D eigenvalue weighted by Gasteiger charge is 2.15. The van der Waals surface area contributed by atoms with E-state index in [9.17, 15) is 4.79 Å². The summed E-state index contributed by atoms with van der Waals surface area (Å²) in [7, 11) is 1.66. The minimum atomic E-state index is 0.0870. The van der Waals surface area contributed by atoms with E-state index >= 15 is 0 Å². The fourth-order valence-electron chi connectivity index (χ4n) is 2.54. The van der Waals surface area contributed by atoms with Crippen molar-refractivity contribution in [2.24, 2.45) is 0 Å². The van der Waals surface area contributed by atoms with Crippen molar-refractivity contribution in [1.29, 1.82) is 0 Å². The first-order valence-corrected chi connectivity index (χ1v) is 8.96. The molecular weight excluding hydrogens is 359 g/mol. The average molecular weight is 381 g/mol. The Balaban J connectivity index is 1.99. The van der Waals surface area contributed by atoms with Gasteiger partial charge in [-0.25, -0.2) is 0 Å². The van der Waals surface area contributed by atoms with Crippen LogP contribution in [0, 0.1) is 0 Å². The summed E-state index contributed by atoms with van der Waals surface area (Å²) in [5.74, 6) is 0.0870. The Hall–Kier alpha value is -1.62. The molecule has 1 aromatic heterocycles. The van der Waals surface area contributed by atoms with Gasteiger partial charge in [-0.2, -0.15) is 0 Å². The van der Waals surface area contributed by atoms with Crippen LogP contribution in [-0.4, -0.2) is 36.1 Å². The molecule has 4 nitrogen and oxygen atoms in total. The van der Waals surface area contributed by atoms with E-state index in [1.807, 2.05) is 29.2 Å². The van der Waals surface area contributed by atoms with E-state index in [0.29, 0.717) is 42.6 Å². The molecule has 0 saturated heterocycles. The van der Waals surface area contributed by atoms with Crippen molar-refractivity contribution in [3.8, 4) is 0 Å². The minimum absolute atomic E-state index is 0.0870. The van der Waals surface area contributed by atoms with Gasteiger partial charge < -0.3 is 9.64 Å². The Labute approximate surface area is 158 Å². The second kappa shape index (κ2) is 10.4. The van der Waals surface area contributed by atoms with Crippen LogP contribution in [0.2, 0.25) is 10.0 Å². The van der Waals surface area contributed by atoms with E-state index in [1.54, 1.807) is 25.6 Å². The minimum Gasteiger partial charge on any atom is -0.385 e. The molecule has 0 fully saturated rings. The number of hydrogen-bond acceptors (Lipinski definition) is 3. The molecule has 2 aromatic rings. The lowest BCUT2D eigenvalue weighted by Gasteiger charge is -2.23. The Morgan fingerprint density at radius 1 is 1.20 bits per heavy atom. The molecule has 1 heterocycles. The third-order valence-electron chi connectivity index (χ3n) is 3.89. The first-order valence-electron chi connectivity index (χ1n) is 8.20. The van der Waals surface area contributed by atoms with Crippen molar-refractivity contribution in [3.05, 3.63) is 63.9 Å². The number of amides is 1. The van der Waals surface area contributed by atoms with Crippen LogP contribution < -0.4 is 0 Å². The van der Waals surface area contributed by atoms with Gasteiger partial charge in [0.1, 0.15) is 0 Å². The third-order valence-corrected chi connectivity index (χ3v) is 4.75. The molecule has 0 aliphatic heterocycles. The largest absolute Gasteiger partial charge is 0.385 e. The van der Waals surface area contributed by atoms with Crippen LogP contribution in [0.3, 0.4) is 0 Å². The molecule has 25 heavy (non-hydrogen) atoms. The Morgan fingerprint density at radius 2 is 1.96 bits per heavy atom. The molecule has 0 aliphatic carbocycles. The van der Waals surface area contributed by atoms with E-state index in [1.165, 1.54) is 0 Å². The molecule has 0 radical (unpaired) electrons. The van der Waals surface area contributed by atoms with E-state index in [0.717, 1.165) is 17.5 Å². The number of methoxy groups -OCH3 is 1. The number of nitrogens with zero attached hydrogens (tertiary/aromatic N) is 2. The number of benzene rings is 1. The predicted octanol–water partition coefficient (Wildman–Crippen LogP) is 4.39. The van der Waals surface area contributed by atoms with Crippen molar-refractivity contribution in [1.82, 2.24) is 9.88 Å². The number of aromatic nitrogens is 1. The molecule has 1 aromatic carbocycles. The number of aryl methyl sites for hydroxylation is 1. The van der Waals surface area contributed by atoms with Gasteiger partial charge in [0.2, 0.25) is 5.91 Å². The molecule has 0 atom stereocenters. The van der Waals surface area contributed by atoms with Crippen LogP contribution in [-0.2, 0) is 22.5 Å². The summed E-state index contributed by atoms with van der Waals surface area (Å²) in [4.78, 5) is 18.6. The van der Waals surface area contributed by atoms with Gasteiger partial charge in [-0.05, 0) is 42.2 Å². The molecule has 0 bridgehead atoms. The normalized spacial score (nSPS) is 10.7. The van der Waals surface area contributed by atoms with Gasteiger partial charge in [0.05, 0.1) is 10.0 Å². The highest BCUT2D eigenvalue weighted by Crippen LogP contribution is 2.26. The summed E-state index contributed by atoms with van der Waals surface area (Å²) in [6.45, 7) is 1.84. The van der Waals surface area contributed by atoms with Gasteiger partial charge in [-0.3, -0.25) is 9.78 Å². The first-order chi connectivity index (χ1) is 12.1. The Morgan fingerprint density at radius 3 is 2.68 bits per heavy atom. The van der Waals surface area contributed by atoms with Gasteiger partial charge in [-0.15, -0.1) is 0 Å². The zero-order chi connectivity index (χ0) is 18.1. The van der Waals surface area contributed by atoms with Crippen molar-refractivity contribution < 1.29 is 9.53 Å². The lowest BCUT2D eigenvalue weighted by molar-refractivity contribution is -0.132. The monoisotopic (exact) mass is 380 g/mol. The lowest BCUT2D eigenvalue weighted by atomic mass is 10.1. The van der Waals surface area contributed by atoms with Crippen molar-refractivity contribution in [2.45, 2.75) is 25.8 Å². The topological polar surface area (TPSA) is 42.4 Å². The van der Waals surface area contributed by atoms with Crippen molar-refractivity contribution in [3.63, 3.8) is 0 Å². The van der Waals surface area contributed by atoms with Gasteiger partial charge in [-0.1, -0.05) is 35.3 Å². The van der Waals surface area contributed by atoms with Crippen LogP contribution in [0.4, 0.5) is 0 Å². The molecule has 0 spiro atoms. The number of halogens is 2. The zero-order valence-electron chi connectivity index (χ0n) is 14.3. The van der Waals surface area contributed by atoms with E-state index < -0.39 is 0 Å². The summed E-state index contributed by atoms with van der Waals surface area (Å²) < 4.78 is 5.10. The maximum absolute atomic E-state index is 12.7. The summed E-state index contributed by atoms with van der Waals surface area (Å²) in [6.07, 6.45) is 5.22. The third kappa shape index (κ3) is 6.31. The Kier molecular flexibility index (Phi) is 8.19. The smallest absolute Gasteiger partial charge is 0.223 e. The van der Waals surface area contributed by atoms with Gasteiger partial charge in [0, 0.05) is 45.6 Å². The molecular formula is C19H22Cl2N2O2. The predicted molar refractivity (Wildman–Crippen MR) is 101 cm³/mol. The summed E-state index contributed by atoms with van der Waals surface area (Å²) in [5.41, 5.74) is 1.95. The van der Waals surface area contributed by atoms with Crippen LogP contribution in [0.5, 0.6) is 0 Å². The average Bonchev–Trinajstić information content (AvgIpc) is 2.63. The van der Waals surface area contributed by atoms with E-state index in [2.05, 4.69) is 4.98 Å². The molecule has 0 N–H and O–H groups in total. The molecule has 6 heteroatoms. The highest BCUT2D eigenvalue weighted by molar-refractivity contribution is 6.42. The standard InChI is InChI=1S/C19H22Cl2N2O2/c1-25-13-3-12-23(14-15-8-10-22-11-9-15)18(24)7-6-16-4-2-5-17(20)19(16)21/h2,4-5,8-11H,3,6-7,12-14H2,1H3. The second-order valence-electron chi connectivity index (χ2n) is 5.73. The number of pyridine rings is 1. The van der Waals surface area contributed by atoms with Crippen LogP contribution in [0.1, 0.15) is 24.0 Å². The molecule has 1 amide bonds. The summed E-state index contributed by atoms with van der Waals surface area (Å²) in [5, 5.41) is 1.04. The lowest BCUT2D eigenvalue weighted by Crippen LogP contribution is -2.32. The molecule has 2 rings (SSSR count). The number of carbonyl (C=O) groups excluding carboxylic acids is 1. The molecule has 0 unspecified atom stereocenters. The molecule has 134 valence electrons. The van der Waals surface area contributed by atoms with Crippen LogP contribution >= 0.6 is 23.2 Å². The van der Waals surface area contributed by atoms with Gasteiger partial charge in [0.25, 0.3) is 0 Å². The SMILES string of the molecule is COCCCN(Cc1ccncc1)C(=O)CCc1cccc(Cl)c1Cl.